The second-order valence-corrected chi connectivity index (χ2v) is 16.7. The highest BCUT2D eigenvalue weighted by atomic mass is 15.0. The molecule has 0 saturated carbocycles. The van der Waals surface area contributed by atoms with E-state index in [2.05, 4.69) is 231 Å². The molecule has 0 amide bonds. The molecule has 66 heavy (non-hydrogen) atoms. The minimum Gasteiger partial charge on any atom is -0.208 e. The highest BCUT2D eigenvalue weighted by Gasteiger charge is 2.17. The maximum Gasteiger partial charge on any atom is 0.164 e. The van der Waals surface area contributed by atoms with E-state index in [0.717, 1.165) is 44.5 Å². The average molecular weight is 840 g/mol. The first kappa shape index (κ1) is 38.9. The molecule has 0 radical (unpaired) electrons. The number of rotatable bonds is 8. The summed E-state index contributed by atoms with van der Waals surface area (Å²) in [5.74, 6) is 1.89. The van der Waals surface area contributed by atoms with Gasteiger partial charge in [0.05, 0.1) is 0 Å². The zero-order valence-electron chi connectivity index (χ0n) is 36.0. The summed E-state index contributed by atoms with van der Waals surface area (Å²) < 4.78 is 0. The summed E-state index contributed by atoms with van der Waals surface area (Å²) in [5.41, 5.74) is 14.4. The monoisotopic (exact) mass is 839 g/mol. The summed E-state index contributed by atoms with van der Waals surface area (Å²) in [4.78, 5) is 15.4. The van der Waals surface area contributed by atoms with E-state index in [4.69, 9.17) is 15.0 Å². The van der Waals surface area contributed by atoms with Gasteiger partial charge in [-0.25, -0.2) is 15.0 Å². The third kappa shape index (κ3) is 7.29. The average Bonchev–Trinajstić information content (AvgIpc) is 3.41. The van der Waals surface area contributed by atoms with Crippen LogP contribution in [-0.2, 0) is 0 Å². The summed E-state index contributed by atoms with van der Waals surface area (Å²) in [7, 11) is 0. The normalized spacial score (nSPS) is 11.3. The molecular formula is C63H41N3. The smallest absolute Gasteiger partial charge is 0.164 e. The predicted octanol–water partition coefficient (Wildman–Crippen LogP) is 16.7. The molecule has 12 rings (SSSR count). The maximum atomic E-state index is 5.14. The Morgan fingerprint density at radius 2 is 0.591 bits per heavy atom. The summed E-state index contributed by atoms with van der Waals surface area (Å²) >= 11 is 0. The fourth-order valence-electron chi connectivity index (χ4n) is 9.37. The van der Waals surface area contributed by atoms with Crippen molar-refractivity contribution in [2.45, 2.75) is 0 Å². The van der Waals surface area contributed by atoms with Gasteiger partial charge in [-0.3, -0.25) is 0 Å². The fourth-order valence-corrected chi connectivity index (χ4v) is 9.37. The highest BCUT2D eigenvalue weighted by Crippen LogP contribution is 2.40. The van der Waals surface area contributed by atoms with Crippen molar-refractivity contribution >= 4 is 32.3 Å². The van der Waals surface area contributed by atoms with Crippen LogP contribution in [0.25, 0.3) is 122 Å². The molecule has 0 aliphatic heterocycles. The molecule has 1 aromatic heterocycles. The summed E-state index contributed by atoms with van der Waals surface area (Å²) in [6, 6.07) is 88.4. The van der Waals surface area contributed by atoms with Crippen LogP contribution in [0.2, 0.25) is 0 Å². The van der Waals surface area contributed by atoms with Crippen LogP contribution < -0.4 is 0 Å². The lowest BCUT2D eigenvalue weighted by Crippen LogP contribution is -2.01. The van der Waals surface area contributed by atoms with Crippen molar-refractivity contribution in [1.82, 2.24) is 15.0 Å². The standard InChI is InChI=1S/C63H41N3/c1-3-13-42(14-4-1)43-29-35-51(36-30-43)61-64-62(66-63(65-61)58-22-12-11-19-54(58)48-15-5-2-6-16-48)52-37-31-47(32-38-52)45-25-23-44(24-26-45)46-27-33-50(34-28-46)60-56-21-10-8-18-53(56)41-59-55-20-9-7-17-49(55)39-40-57(59)60/h1-41H. The van der Waals surface area contributed by atoms with Crippen molar-refractivity contribution < 1.29 is 0 Å². The van der Waals surface area contributed by atoms with E-state index in [1.807, 2.05) is 18.2 Å². The Balaban J connectivity index is 0.854. The van der Waals surface area contributed by atoms with Gasteiger partial charge in [-0.1, -0.05) is 243 Å². The molecule has 0 spiro atoms. The van der Waals surface area contributed by atoms with Crippen LogP contribution in [0.1, 0.15) is 0 Å². The van der Waals surface area contributed by atoms with Gasteiger partial charge in [-0.05, 0) is 94.0 Å². The third-order valence-corrected chi connectivity index (χ3v) is 12.8. The van der Waals surface area contributed by atoms with Gasteiger partial charge < -0.3 is 0 Å². The van der Waals surface area contributed by atoms with Crippen LogP contribution in [0.5, 0.6) is 0 Å². The molecule has 0 N–H and O–H groups in total. The second-order valence-electron chi connectivity index (χ2n) is 16.7. The van der Waals surface area contributed by atoms with Gasteiger partial charge in [0.2, 0.25) is 0 Å². The summed E-state index contributed by atoms with van der Waals surface area (Å²) in [6.07, 6.45) is 0. The van der Waals surface area contributed by atoms with Gasteiger partial charge in [-0.2, -0.15) is 0 Å². The molecule has 0 bridgehead atoms. The van der Waals surface area contributed by atoms with Crippen LogP contribution in [0.15, 0.2) is 249 Å². The van der Waals surface area contributed by atoms with Crippen LogP contribution in [-0.4, -0.2) is 15.0 Å². The molecule has 308 valence electrons. The first-order valence-electron chi connectivity index (χ1n) is 22.4. The van der Waals surface area contributed by atoms with E-state index in [0.29, 0.717) is 17.5 Å². The van der Waals surface area contributed by atoms with E-state index >= 15 is 0 Å². The van der Waals surface area contributed by atoms with Gasteiger partial charge in [0.15, 0.2) is 17.5 Å². The number of fused-ring (bicyclic) bond motifs is 4. The maximum absolute atomic E-state index is 5.14. The van der Waals surface area contributed by atoms with E-state index in [1.54, 1.807) is 0 Å². The zero-order chi connectivity index (χ0) is 43.8. The quantitative estimate of drug-likeness (QED) is 0.113. The molecule has 0 aliphatic carbocycles. The minimum absolute atomic E-state index is 0.625. The van der Waals surface area contributed by atoms with Gasteiger partial charge in [0.1, 0.15) is 0 Å². The van der Waals surface area contributed by atoms with E-state index < -0.39 is 0 Å². The van der Waals surface area contributed by atoms with Gasteiger partial charge in [-0.15, -0.1) is 0 Å². The number of aromatic nitrogens is 3. The molecular weight excluding hydrogens is 799 g/mol. The van der Waals surface area contributed by atoms with E-state index in [-0.39, 0.29) is 0 Å². The zero-order valence-corrected chi connectivity index (χ0v) is 36.0. The Hall–Kier alpha value is -8.79. The fraction of sp³-hybridized carbons (Fsp3) is 0. The van der Waals surface area contributed by atoms with Crippen molar-refractivity contribution in [3.63, 3.8) is 0 Å². The first-order valence-corrected chi connectivity index (χ1v) is 22.4. The number of hydrogen-bond donors (Lipinski definition) is 0. The lowest BCUT2D eigenvalue weighted by atomic mass is 9.89. The molecule has 0 atom stereocenters. The van der Waals surface area contributed by atoms with Crippen molar-refractivity contribution in [3.8, 4) is 89.8 Å². The Morgan fingerprint density at radius 1 is 0.197 bits per heavy atom. The highest BCUT2D eigenvalue weighted by molar-refractivity contribution is 6.20. The molecule has 0 aliphatic rings. The Bertz CT molecular complexity index is 3690. The SMILES string of the molecule is c1ccc(-c2ccc(-c3nc(-c4ccc(-c5ccc(-c6ccc(-c7c8ccccc8cc8c7ccc7ccccc78)cc6)cc5)cc4)nc(-c4ccccc4-c4ccccc4)n3)cc2)cc1. The van der Waals surface area contributed by atoms with Crippen LogP contribution in [0, 0.1) is 0 Å². The summed E-state index contributed by atoms with van der Waals surface area (Å²) in [6.45, 7) is 0. The van der Waals surface area contributed by atoms with Crippen molar-refractivity contribution in [3.05, 3.63) is 249 Å². The summed E-state index contributed by atoms with van der Waals surface area (Å²) in [5, 5.41) is 7.61. The third-order valence-electron chi connectivity index (χ3n) is 12.8. The number of benzene rings is 11. The topological polar surface area (TPSA) is 38.7 Å². The molecule has 3 heteroatoms. The predicted molar refractivity (Wildman–Crippen MR) is 276 cm³/mol. The van der Waals surface area contributed by atoms with Gasteiger partial charge >= 0.3 is 0 Å². The van der Waals surface area contributed by atoms with Crippen LogP contribution >= 0.6 is 0 Å². The van der Waals surface area contributed by atoms with E-state index in [1.165, 1.54) is 60.1 Å². The lowest BCUT2D eigenvalue weighted by molar-refractivity contribution is 1.07. The molecule has 0 unspecified atom stereocenters. The Morgan fingerprint density at radius 3 is 1.15 bits per heavy atom. The molecule has 0 fully saturated rings. The second kappa shape index (κ2) is 16.7. The lowest BCUT2D eigenvalue weighted by Gasteiger charge is -2.14. The largest absolute Gasteiger partial charge is 0.208 e. The van der Waals surface area contributed by atoms with Crippen molar-refractivity contribution in [2.24, 2.45) is 0 Å². The molecule has 12 aromatic rings. The Labute approximate surface area is 384 Å². The van der Waals surface area contributed by atoms with Crippen LogP contribution in [0.3, 0.4) is 0 Å². The van der Waals surface area contributed by atoms with Crippen molar-refractivity contribution in [1.29, 1.82) is 0 Å². The number of hydrogen-bond acceptors (Lipinski definition) is 3. The molecule has 0 saturated heterocycles. The van der Waals surface area contributed by atoms with Gasteiger partial charge in [0, 0.05) is 16.7 Å². The molecule has 1 heterocycles. The molecule has 11 aromatic carbocycles. The van der Waals surface area contributed by atoms with Crippen molar-refractivity contribution in [2.75, 3.05) is 0 Å². The van der Waals surface area contributed by atoms with Gasteiger partial charge in [0.25, 0.3) is 0 Å². The van der Waals surface area contributed by atoms with E-state index in [9.17, 15) is 0 Å². The Kier molecular flexibility index (Phi) is 9.85. The number of nitrogens with zero attached hydrogens (tertiary/aromatic N) is 3. The first-order chi connectivity index (χ1) is 32.7. The van der Waals surface area contributed by atoms with Crippen LogP contribution in [0.4, 0.5) is 0 Å². The minimum atomic E-state index is 0.625. The molecule has 3 nitrogen and oxygen atoms in total.